The maximum absolute atomic E-state index is 9.93. The fraction of sp³-hybridized carbons (Fsp3) is 0.154. The number of aromatic nitrogens is 4. The second-order valence-electron chi connectivity index (χ2n) is 4.06. The van der Waals surface area contributed by atoms with Gasteiger partial charge in [0.15, 0.2) is 5.65 Å². The molecule has 102 valence electrons. The van der Waals surface area contributed by atoms with E-state index >= 15 is 0 Å². The Kier molecular flexibility index (Phi) is 2.86. The van der Waals surface area contributed by atoms with E-state index in [2.05, 4.69) is 19.9 Å². The molecule has 20 heavy (non-hydrogen) atoms. The molecule has 0 unspecified atom stereocenters. The third-order valence-corrected chi connectivity index (χ3v) is 2.86. The normalized spacial score (nSPS) is 10.7. The number of rotatable bonds is 3. The van der Waals surface area contributed by atoms with Gasteiger partial charge in [0.05, 0.1) is 26.0 Å². The van der Waals surface area contributed by atoms with Crippen molar-refractivity contribution in [3.63, 3.8) is 0 Å². The molecule has 0 fully saturated rings. The minimum Gasteiger partial charge on any atom is -0.507 e. The number of H-pyrrole nitrogens is 1. The zero-order valence-electron chi connectivity index (χ0n) is 10.9. The Morgan fingerprint density at radius 3 is 2.75 bits per heavy atom. The van der Waals surface area contributed by atoms with Gasteiger partial charge in [-0.05, 0) is 18.2 Å². The summed E-state index contributed by atoms with van der Waals surface area (Å²) in [5.41, 5.74) is 1.65. The number of phenolic OH excluding ortho intramolecular Hbond substituents is 1. The topological polar surface area (TPSA) is 93.2 Å². The summed E-state index contributed by atoms with van der Waals surface area (Å²) < 4.78 is 10.1. The van der Waals surface area contributed by atoms with E-state index < -0.39 is 0 Å². The van der Waals surface area contributed by atoms with Gasteiger partial charge in [-0.1, -0.05) is 0 Å². The highest BCUT2D eigenvalue weighted by Crippen LogP contribution is 2.31. The molecule has 0 atom stereocenters. The van der Waals surface area contributed by atoms with Crippen LogP contribution in [0.1, 0.15) is 0 Å². The van der Waals surface area contributed by atoms with E-state index in [0.717, 1.165) is 0 Å². The van der Waals surface area contributed by atoms with Crippen molar-refractivity contribution in [3.05, 3.63) is 24.4 Å². The lowest BCUT2D eigenvalue weighted by Gasteiger charge is -2.04. The molecule has 0 bridgehead atoms. The Morgan fingerprint density at radius 2 is 2.00 bits per heavy atom. The minimum atomic E-state index is 0.102. The first-order valence-electron chi connectivity index (χ1n) is 5.85. The van der Waals surface area contributed by atoms with Gasteiger partial charge in [-0.15, -0.1) is 0 Å². The van der Waals surface area contributed by atoms with E-state index in [4.69, 9.17) is 9.47 Å². The summed E-state index contributed by atoms with van der Waals surface area (Å²) in [6.07, 6.45) is 1.55. The van der Waals surface area contributed by atoms with Crippen molar-refractivity contribution in [1.29, 1.82) is 0 Å². The summed E-state index contributed by atoms with van der Waals surface area (Å²) in [7, 11) is 3.05. The molecule has 0 amide bonds. The highest BCUT2D eigenvalue weighted by atomic mass is 16.5. The number of aromatic hydroxyl groups is 1. The summed E-state index contributed by atoms with van der Waals surface area (Å²) in [6.45, 7) is 0. The summed E-state index contributed by atoms with van der Waals surface area (Å²) in [5, 5.41) is 9.93. The number of benzene rings is 1. The second-order valence-corrected chi connectivity index (χ2v) is 4.06. The summed E-state index contributed by atoms with van der Waals surface area (Å²) in [5.74, 6) is 1.21. The summed E-state index contributed by atoms with van der Waals surface area (Å²) in [4.78, 5) is 15.5. The number of methoxy groups -OCH3 is 2. The highest BCUT2D eigenvalue weighted by molar-refractivity contribution is 5.77. The Balaban J connectivity index is 2.14. The SMILES string of the molecule is COc1ccc(O)c(-c2nc3cnc(OC)nc3[nH]2)c1. The lowest BCUT2D eigenvalue weighted by Crippen LogP contribution is -1.90. The monoisotopic (exact) mass is 272 g/mol. The van der Waals surface area contributed by atoms with Crippen LogP contribution >= 0.6 is 0 Å². The first-order chi connectivity index (χ1) is 9.71. The Morgan fingerprint density at radius 1 is 1.15 bits per heavy atom. The Hall–Kier alpha value is -2.83. The third kappa shape index (κ3) is 1.99. The van der Waals surface area contributed by atoms with Crippen LogP contribution < -0.4 is 9.47 Å². The molecule has 0 aliphatic carbocycles. The zero-order valence-corrected chi connectivity index (χ0v) is 10.9. The Labute approximate surface area is 114 Å². The van der Waals surface area contributed by atoms with Crippen molar-refractivity contribution in [3.8, 4) is 28.9 Å². The van der Waals surface area contributed by atoms with Crippen LogP contribution in [-0.4, -0.2) is 39.3 Å². The number of nitrogens with one attached hydrogen (secondary N) is 1. The molecule has 0 radical (unpaired) electrons. The number of imidazole rings is 1. The molecule has 0 aliphatic rings. The maximum atomic E-state index is 9.93. The molecule has 2 heterocycles. The van der Waals surface area contributed by atoms with Gasteiger partial charge in [-0.3, -0.25) is 0 Å². The van der Waals surface area contributed by atoms with E-state index in [9.17, 15) is 5.11 Å². The van der Waals surface area contributed by atoms with Crippen molar-refractivity contribution in [2.24, 2.45) is 0 Å². The highest BCUT2D eigenvalue weighted by Gasteiger charge is 2.12. The molecule has 0 saturated heterocycles. The zero-order chi connectivity index (χ0) is 14.1. The van der Waals surface area contributed by atoms with Crippen molar-refractivity contribution in [2.75, 3.05) is 14.2 Å². The second kappa shape index (κ2) is 4.69. The van der Waals surface area contributed by atoms with Gasteiger partial charge in [-0.2, -0.15) is 4.98 Å². The molecule has 7 nitrogen and oxygen atoms in total. The fourth-order valence-electron chi connectivity index (χ4n) is 1.85. The van der Waals surface area contributed by atoms with Crippen molar-refractivity contribution in [2.45, 2.75) is 0 Å². The van der Waals surface area contributed by atoms with Crippen LogP contribution in [-0.2, 0) is 0 Å². The van der Waals surface area contributed by atoms with Crippen LogP contribution in [0.4, 0.5) is 0 Å². The van der Waals surface area contributed by atoms with Gasteiger partial charge in [0.25, 0.3) is 0 Å². The molecule has 3 rings (SSSR count). The first-order valence-corrected chi connectivity index (χ1v) is 5.85. The summed E-state index contributed by atoms with van der Waals surface area (Å²) in [6, 6.07) is 5.16. The fourth-order valence-corrected chi connectivity index (χ4v) is 1.85. The number of aromatic amines is 1. The van der Waals surface area contributed by atoms with Gasteiger partial charge < -0.3 is 19.6 Å². The maximum Gasteiger partial charge on any atom is 0.318 e. The number of phenols is 1. The molecular weight excluding hydrogens is 260 g/mol. The van der Waals surface area contributed by atoms with Gasteiger partial charge in [0.1, 0.15) is 22.8 Å². The lowest BCUT2D eigenvalue weighted by molar-refractivity contribution is 0.381. The first kappa shape index (κ1) is 12.2. The van der Waals surface area contributed by atoms with Gasteiger partial charge in [-0.25, -0.2) is 9.97 Å². The minimum absolute atomic E-state index is 0.102. The number of hydrogen-bond acceptors (Lipinski definition) is 6. The molecule has 7 heteroatoms. The number of fused-ring (bicyclic) bond motifs is 1. The van der Waals surface area contributed by atoms with Gasteiger partial charge in [0, 0.05) is 0 Å². The molecule has 3 aromatic rings. The molecule has 2 N–H and O–H groups in total. The van der Waals surface area contributed by atoms with Crippen LogP contribution in [0.3, 0.4) is 0 Å². The number of ether oxygens (including phenoxy) is 2. The number of nitrogens with zero attached hydrogens (tertiary/aromatic N) is 3. The molecular formula is C13H12N4O3. The van der Waals surface area contributed by atoms with Crippen LogP contribution in [0, 0.1) is 0 Å². The van der Waals surface area contributed by atoms with Crippen molar-refractivity contribution < 1.29 is 14.6 Å². The molecule has 2 aromatic heterocycles. The standard InChI is InChI=1S/C13H12N4O3/c1-19-7-3-4-10(18)8(5-7)11-15-9-6-14-13(20-2)17-12(9)16-11/h3-6,18H,1-2H3,(H,14,15,16,17). The largest absolute Gasteiger partial charge is 0.507 e. The average molecular weight is 272 g/mol. The summed E-state index contributed by atoms with van der Waals surface area (Å²) >= 11 is 0. The van der Waals surface area contributed by atoms with E-state index in [1.54, 1.807) is 31.5 Å². The van der Waals surface area contributed by atoms with Crippen LogP contribution in [0.5, 0.6) is 17.5 Å². The van der Waals surface area contributed by atoms with Gasteiger partial charge in [0.2, 0.25) is 0 Å². The van der Waals surface area contributed by atoms with Crippen LogP contribution in [0.2, 0.25) is 0 Å². The number of hydrogen-bond donors (Lipinski definition) is 2. The van der Waals surface area contributed by atoms with Crippen molar-refractivity contribution >= 4 is 11.2 Å². The smallest absolute Gasteiger partial charge is 0.318 e. The predicted octanol–water partition coefficient (Wildman–Crippen LogP) is 1.74. The van der Waals surface area contributed by atoms with E-state index in [1.807, 2.05) is 0 Å². The van der Waals surface area contributed by atoms with Crippen LogP contribution in [0.15, 0.2) is 24.4 Å². The van der Waals surface area contributed by atoms with Crippen LogP contribution in [0.25, 0.3) is 22.6 Å². The molecule has 0 aliphatic heterocycles. The average Bonchev–Trinajstić information content (AvgIpc) is 2.90. The van der Waals surface area contributed by atoms with Gasteiger partial charge >= 0.3 is 6.01 Å². The predicted molar refractivity (Wildman–Crippen MR) is 71.9 cm³/mol. The molecule has 0 spiro atoms. The Bertz CT molecular complexity index is 769. The van der Waals surface area contributed by atoms with E-state index in [0.29, 0.717) is 28.3 Å². The third-order valence-electron chi connectivity index (χ3n) is 2.86. The molecule has 0 saturated carbocycles. The molecule has 1 aromatic carbocycles. The van der Waals surface area contributed by atoms with E-state index in [1.165, 1.54) is 7.11 Å². The van der Waals surface area contributed by atoms with Crippen molar-refractivity contribution in [1.82, 2.24) is 19.9 Å². The van der Waals surface area contributed by atoms with E-state index in [-0.39, 0.29) is 11.8 Å². The lowest BCUT2D eigenvalue weighted by atomic mass is 10.2. The quantitative estimate of drug-likeness (QED) is 0.754.